The molecule has 9 aromatic rings. The van der Waals surface area contributed by atoms with Gasteiger partial charge >= 0.3 is 0 Å². The van der Waals surface area contributed by atoms with Gasteiger partial charge in [0.05, 0.1) is 39.1 Å². The summed E-state index contributed by atoms with van der Waals surface area (Å²) in [5.41, 5.74) is 9.59. The Morgan fingerprint density at radius 2 is 0.913 bits per heavy atom. The van der Waals surface area contributed by atoms with Gasteiger partial charge < -0.3 is 0 Å². The molecule has 4 aromatic heterocycles. The molecule has 0 bridgehead atoms. The third kappa shape index (κ3) is 4.52. The lowest BCUT2D eigenvalue weighted by Gasteiger charge is -2.13. The molecule has 0 saturated heterocycles. The second kappa shape index (κ2) is 10.6. The van der Waals surface area contributed by atoms with Gasteiger partial charge in [0.2, 0.25) is 0 Å². The van der Waals surface area contributed by atoms with Gasteiger partial charge in [-0.3, -0.25) is 0 Å². The molecular weight excluding hydrogens is 564 g/mol. The molecule has 0 aliphatic carbocycles. The summed E-state index contributed by atoms with van der Waals surface area (Å²) in [6, 6.07) is 45.4. The maximum Gasteiger partial charge on any atom is 0.178 e. The smallest absolute Gasteiger partial charge is 0.178 e. The summed E-state index contributed by atoms with van der Waals surface area (Å²) in [4.78, 5) is 29.2. The molecule has 0 amide bonds. The second-order valence-corrected chi connectivity index (χ2v) is 11.2. The van der Waals surface area contributed by atoms with Gasteiger partial charge in [0.15, 0.2) is 5.82 Å². The van der Waals surface area contributed by atoms with Crippen molar-refractivity contribution in [1.82, 2.24) is 29.9 Å². The first-order valence-corrected chi connectivity index (χ1v) is 15.1. The molecule has 0 radical (unpaired) electrons. The van der Waals surface area contributed by atoms with Crippen LogP contribution in [0.2, 0.25) is 0 Å². The molecule has 6 nitrogen and oxygen atoms in total. The van der Waals surface area contributed by atoms with E-state index < -0.39 is 0 Å². The molecule has 9 rings (SSSR count). The van der Waals surface area contributed by atoms with E-state index in [-0.39, 0.29) is 0 Å². The Balaban J connectivity index is 1.20. The monoisotopic (exact) mass is 588 g/mol. The van der Waals surface area contributed by atoms with E-state index in [0.717, 1.165) is 72.0 Å². The van der Waals surface area contributed by atoms with Crippen molar-refractivity contribution in [2.45, 2.75) is 0 Å². The zero-order valence-electron chi connectivity index (χ0n) is 24.5. The van der Waals surface area contributed by atoms with Crippen molar-refractivity contribution in [2.24, 2.45) is 0 Å². The van der Waals surface area contributed by atoms with Crippen LogP contribution in [0.4, 0.5) is 0 Å². The Bertz CT molecular complexity index is 2600. The van der Waals surface area contributed by atoms with Crippen molar-refractivity contribution in [3.8, 4) is 45.3 Å². The topological polar surface area (TPSA) is 77.3 Å². The highest BCUT2D eigenvalue weighted by Crippen LogP contribution is 2.35. The van der Waals surface area contributed by atoms with E-state index in [2.05, 4.69) is 107 Å². The van der Waals surface area contributed by atoms with E-state index in [1.807, 2.05) is 30.3 Å². The number of pyridine rings is 2. The first-order valence-electron chi connectivity index (χ1n) is 15.1. The fourth-order valence-electron chi connectivity index (χ4n) is 6.05. The fourth-order valence-corrected chi connectivity index (χ4v) is 6.05. The molecule has 0 saturated carbocycles. The molecule has 0 aliphatic heterocycles. The number of fused-ring (bicyclic) bond motifs is 5. The second-order valence-electron chi connectivity index (χ2n) is 11.2. The molecule has 0 spiro atoms. The third-order valence-electron chi connectivity index (χ3n) is 8.34. The van der Waals surface area contributed by atoms with E-state index in [1.54, 1.807) is 18.5 Å². The average Bonchev–Trinajstić information content (AvgIpc) is 3.14. The predicted octanol–water partition coefficient (Wildman–Crippen LogP) is 9.34. The Morgan fingerprint density at radius 1 is 0.348 bits per heavy atom. The molecule has 5 aromatic carbocycles. The van der Waals surface area contributed by atoms with Crippen LogP contribution in [0.1, 0.15) is 0 Å². The number of aromatic nitrogens is 6. The van der Waals surface area contributed by atoms with Crippen LogP contribution in [0.5, 0.6) is 0 Å². The number of rotatable bonds is 4. The van der Waals surface area contributed by atoms with Crippen LogP contribution >= 0.6 is 0 Å². The minimum Gasteiger partial charge on any atom is -0.245 e. The minimum absolute atomic E-state index is 0.587. The molecule has 4 heterocycles. The first kappa shape index (κ1) is 26.0. The summed E-state index contributed by atoms with van der Waals surface area (Å²) in [5, 5.41) is 4.39. The van der Waals surface area contributed by atoms with Crippen LogP contribution in [0.25, 0.3) is 88.9 Å². The van der Waals surface area contributed by atoms with Gasteiger partial charge in [0.1, 0.15) is 5.69 Å². The van der Waals surface area contributed by atoms with Crippen LogP contribution in [0, 0.1) is 0 Å². The number of para-hydroxylation sites is 2. The fraction of sp³-hybridized carbons (Fsp3) is 0. The molecule has 6 heteroatoms. The van der Waals surface area contributed by atoms with Gasteiger partial charge in [-0.05, 0) is 53.2 Å². The summed E-state index contributed by atoms with van der Waals surface area (Å²) >= 11 is 0. The van der Waals surface area contributed by atoms with E-state index in [4.69, 9.17) is 19.9 Å². The van der Waals surface area contributed by atoms with Crippen molar-refractivity contribution >= 4 is 43.6 Å². The minimum atomic E-state index is 0.587. The summed E-state index contributed by atoms with van der Waals surface area (Å²) in [5.74, 6) is 0.587. The Kier molecular flexibility index (Phi) is 6.03. The normalized spacial score (nSPS) is 11.5. The molecule has 0 fully saturated rings. The Morgan fingerprint density at radius 3 is 1.65 bits per heavy atom. The highest BCUT2D eigenvalue weighted by Gasteiger charge is 2.16. The summed E-state index contributed by atoms with van der Waals surface area (Å²) < 4.78 is 0. The quantitative estimate of drug-likeness (QED) is 0.191. The van der Waals surface area contributed by atoms with E-state index in [0.29, 0.717) is 11.5 Å². The third-order valence-corrected chi connectivity index (χ3v) is 8.34. The van der Waals surface area contributed by atoms with Crippen molar-refractivity contribution in [1.29, 1.82) is 0 Å². The largest absolute Gasteiger partial charge is 0.245 e. The van der Waals surface area contributed by atoms with E-state index in [1.165, 1.54) is 5.39 Å². The standard InChI is InChI=1S/C40H24N6/c1-2-8-28-23-31(16-13-25(28)7-1)39-38(44-33-11-3-4-12-34(33)45-39)30-10-5-9-29(24-30)32-19-17-26-14-15-27-18-20-35(40-41-21-6-22-42-40)46-37(27)36(26)43-32/h1-24H. The van der Waals surface area contributed by atoms with Crippen molar-refractivity contribution in [3.63, 3.8) is 0 Å². The number of hydrogen-bond donors (Lipinski definition) is 0. The lowest BCUT2D eigenvalue weighted by atomic mass is 9.98. The Hall–Kier alpha value is -6.40. The summed E-state index contributed by atoms with van der Waals surface area (Å²) in [6.45, 7) is 0. The number of nitrogens with zero attached hydrogens (tertiary/aromatic N) is 6. The summed E-state index contributed by atoms with van der Waals surface area (Å²) in [7, 11) is 0. The van der Waals surface area contributed by atoms with Crippen LogP contribution in [0.3, 0.4) is 0 Å². The maximum atomic E-state index is 5.17. The van der Waals surface area contributed by atoms with Crippen molar-refractivity contribution < 1.29 is 0 Å². The number of benzene rings is 5. The first-order chi connectivity index (χ1) is 22.8. The zero-order valence-corrected chi connectivity index (χ0v) is 24.5. The molecule has 0 unspecified atom stereocenters. The van der Waals surface area contributed by atoms with Crippen molar-refractivity contribution in [3.05, 3.63) is 146 Å². The van der Waals surface area contributed by atoms with E-state index in [9.17, 15) is 0 Å². The van der Waals surface area contributed by atoms with Gasteiger partial charge in [-0.15, -0.1) is 0 Å². The SMILES string of the molecule is c1cnc(-c2ccc3ccc4ccc(-c5cccc(-c6nc7ccccc7nc6-c6ccc7ccccc7c6)c5)nc4c3n2)nc1. The Labute approximate surface area is 264 Å². The van der Waals surface area contributed by atoms with Gasteiger partial charge in [-0.1, -0.05) is 91.0 Å². The highest BCUT2D eigenvalue weighted by atomic mass is 14.9. The molecule has 46 heavy (non-hydrogen) atoms. The van der Waals surface area contributed by atoms with Crippen LogP contribution in [-0.4, -0.2) is 29.9 Å². The summed E-state index contributed by atoms with van der Waals surface area (Å²) in [6.07, 6.45) is 3.46. The molecule has 0 atom stereocenters. The van der Waals surface area contributed by atoms with Crippen LogP contribution in [-0.2, 0) is 0 Å². The van der Waals surface area contributed by atoms with Gasteiger partial charge in [0, 0.05) is 39.9 Å². The lowest BCUT2D eigenvalue weighted by molar-refractivity contribution is 1.15. The maximum absolute atomic E-state index is 5.17. The number of hydrogen-bond acceptors (Lipinski definition) is 6. The van der Waals surface area contributed by atoms with Gasteiger partial charge in [-0.25, -0.2) is 29.9 Å². The van der Waals surface area contributed by atoms with Gasteiger partial charge in [0.25, 0.3) is 0 Å². The highest BCUT2D eigenvalue weighted by molar-refractivity contribution is 6.04. The van der Waals surface area contributed by atoms with E-state index >= 15 is 0 Å². The van der Waals surface area contributed by atoms with Crippen molar-refractivity contribution in [2.75, 3.05) is 0 Å². The molecule has 0 aliphatic rings. The van der Waals surface area contributed by atoms with Crippen LogP contribution < -0.4 is 0 Å². The van der Waals surface area contributed by atoms with Gasteiger partial charge in [-0.2, -0.15) is 0 Å². The molecular formula is C40H24N6. The molecule has 214 valence electrons. The molecule has 0 N–H and O–H groups in total. The average molecular weight is 589 g/mol. The van der Waals surface area contributed by atoms with Crippen LogP contribution in [0.15, 0.2) is 146 Å². The zero-order chi connectivity index (χ0) is 30.5. The lowest BCUT2D eigenvalue weighted by Crippen LogP contribution is -1.96. The predicted molar refractivity (Wildman–Crippen MR) is 185 cm³/mol.